The zero-order valence-electron chi connectivity index (χ0n) is 12.0. The number of benzene rings is 1. The number of rotatable bonds is 5. The zero-order chi connectivity index (χ0) is 15.4. The van der Waals surface area contributed by atoms with E-state index in [2.05, 4.69) is 12.2 Å². The molecule has 1 saturated heterocycles. The van der Waals surface area contributed by atoms with Crippen molar-refractivity contribution >= 4 is 29.2 Å². The van der Waals surface area contributed by atoms with Gasteiger partial charge in [0, 0.05) is 25.2 Å². The topological polar surface area (TPSA) is 52.6 Å². The molecule has 116 valence electrons. The summed E-state index contributed by atoms with van der Waals surface area (Å²) in [5.74, 6) is -0.763. The van der Waals surface area contributed by atoms with Gasteiger partial charge in [0.2, 0.25) is 0 Å². The maximum atomic E-state index is 10.7. The molecule has 0 saturated carbocycles. The molecule has 1 unspecified atom stereocenters. The molecule has 4 nitrogen and oxygen atoms in total. The van der Waals surface area contributed by atoms with E-state index < -0.39 is 5.97 Å². The Morgan fingerprint density at radius 2 is 2.10 bits per heavy atom. The SMILES string of the molecule is CC(NC1CCN(CC(=O)O)CC1)c1cccc(Cl)c1Cl. The highest BCUT2D eigenvalue weighted by Crippen LogP contribution is 2.30. The minimum Gasteiger partial charge on any atom is -0.480 e. The molecule has 0 aromatic heterocycles. The third-order valence-electron chi connectivity index (χ3n) is 3.88. The van der Waals surface area contributed by atoms with Crippen LogP contribution in [0.15, 0.2) is 18.2 Å². The van der Waals surface area contributed by atoms with Gasteiger partial charge in [-0.1, -0.05) is 35.3 Å². The molecular weight excluding hydrogens is 311 g/mol. The minimum absolute atomic E-state index is 0.118. The normalized spacial score (nSPS) is 18.6. The van der Waals surface area contributed by atoms with E-state index in [1.165, 1.54) is 0 Å². The summed E-state index contributed by atoms with van der Waals surface area (Å²) in [4.78, 5) is 12.7. The van der Waals surface area contributed by atoms with E-state index in [1.54, 1.807) is 6.07 Å². The van der Waals surface area contributed by atoms with Crippen LogP contribution < -0.4 is 5.32 Å². The predicted octanol–water partition coefficient (Wildman–Crippen LogP) is 3.19. The average molecular weight is 331 g/mol. The highest BCUT2D eigenvalue weighted by Gasteiger charge is 2.22. The summed E-state index contributed by atoms with van der Waals surface area (Å²) in [6, 6.07) is 6.15. The molecule has 2 rings (SSSR count). The largest absolute Gasteiger partial charge is 0.480 e. The van der Waals surface area contributed by atoms with Crippen molar-refractivity contribution < 1.29 is 9.90 Å². The van der Waals surface area contributed by atoms with Crippen LogP contribution in [0.2, 0.25) is 10.0 Å². The average Bonchev–Trinajstić information content (AvgIpc) is 2.43. The van der Waals surface area contributed by atoms with E-state index in [-0.39, 0.29) is 12.6 Å². The van der Waals surface area contributed by atoms with Crippen molar-refractivity contribution in [2.24, 2.45) is 0 Å². The molecule has 1 aromatic rings. The maximum Gasteiger partial charge on any atom is 0.317 e. The van der Waals surface area contributed by atoms with Gasteiger partial charge in [-0.05, 0) is 31.4 Å². The van der Waals surface area contributed by atoms with Crippen LogP contribution in [0.25, 0.3) is 0 Å². The number of likely N-dealkylation sites (tertiary alicyclic amines) is 1. The molecule has 1 fully saturated rings. The molecule has 21 heavy (non-hydrogen) atoms. The van der Waals surface area contributed by atoms with Gasteiger partial charge < -0.3 is 10.4 Å². The van der Waals surface area contributed by atoms with Gasteiger partial charge >= 0.3 is 5.97 Å². The van der Waals surface area contributed by atoms with Gasteiger partial charge in [0.15, 0.2) is 0 Å². The first kappa shape index (κ1) is 16.6. The van der Waals surface area contributed by atoms with Gasteiger partial charge in [-0.3, -0.25) is 9.69 Å². The Kier molecular flexibility index (Phi) is 5.88. The fourth-order valence-electron chi connectivity index (χ4n) is 2.75. The van der Waals surface area contributed by atoms with Crippen molar-refractivity contribution in [2.45, 2.75) is 31.8 Å². The molecule has 0 bridgehead atoms. The van der Waals surface area contributed by atoms with Crippen molar-refractivity contribution in [3.05, 3.63) is 33.8 Å². The summed E-state index contributed by atoms with van der Waals surface area (Å²) in [6.07, 6.45) is 1.88. The summed E-state index contributed by atoms with van der Waals surface area (Å²) >= 11 is 12.3. The summed E-state index contributed by atoms with van der Waals surface area (Å²) in [5, 5.41) is 13.5. The van der Waals surface area contributed by atoms with Gasteiger partial charge in [0.25, 0.3) is 0 Å². The summed E-state index contributed by atoms with van der Waals surface area (Å²) in [6.45, 7) is 3.81. The Hall–Kier alpha value is -0.810. The molecule has 0 spiro atoms. The lowest BCUT2D eigenvalue weighted by atomic mass is 10.0. The predicted molar refractivity (Wildman–Crippen MR) is 85.1 cm³/mol. The van der Waals surface area contributed by atoms with Crippen LogP contribution in [0.5, 0.6) is 0 Å². The van der Waals surface area contributed by atoms with Crippen LogP contribution >= 0.6 is 23.2 Å². The molecule has 1 aliphatic rings. The Morgan fingerprint density at radius 3 is 2.71 bits per heavy atom. The van der Waals surface area contributed by atoms with Gasteiger partial charge in [0.05, 0.1) is 16.6 Å². The van der Waals surface area contributed by atoms with Crippen LogP contribution in [0.4, 0.5) is 0 Å². The van der Waals surface area contributed by atoms with Crippen molar-refractivity contribution in [1.29, 1.82) is 0 Å². The van der Waals surface area contributed by atoms with Gasteiger partial charge in [-0.15, -0.1) is 0 Å². The Bertz CT molecular complexity index is 502. The third-order valence-corrected chi connectivity index (χ3v) is 4.71. The fourth-order valence-corrected chi connectivity index (χ4v) is 3.22. The quantitative estimate of drug-likeness (QED) is 0.870. The number of nitrogens with one attached hydrogen (secondary N) is 1. The van der Waals surface area contributed by atoms with Crippen LogP contribution in [-0.4, -0.2) is 41.7 Å². The van der Waals surface area contributed by atoms with E-state index in [9.17, 15) is 4.79 Å². The number of halogens is 2. The minimum atomic E-state index is -0.763. The first-order valence-electron chi connectivity index (χ1n) is 7.11. The lowest BCUT2D eigenvalue weighted by molar-refractivity contribution is -0.138. The second-order valence-corrected chi connectivity index (χ2v) is 6.26. The Labute approximate surface area is 135 Å². The number of carboxylic acid groups (broad SMARTS) is 1. The third kappa shape index (κ3) is 4.58. The number of hydrogen-bond donors (Lipinski definition) is 2. The van der Waals surface area contributed by atoms with E-state index in [1.807, 2.05) is 17.0 Å². The molecule has 1 atom stereocenters. The maximum absolute atomic E-state index is 10.7. The van der Waals surface area contributed by atoms with E-state index in [0.29, 0.717) is 16.1 Å². The van der Waals surface area contributed by atoms with Gasteiger partial charge in [-0.2, -0.15) is 0 Å². The summed E-state index contributed by atoms with van der Waals surface area (Å²) in [5.41, 5.74) is 0.997. The van der Waals surface area contributed by atoms with Crippen LogP contribution in [0.3, 0.4) is 0 Å². The molecule has 1 heterocycles. The molecule has 0 amide bonds. The standard InChI is InChI=1S/C15H20Cl2N2O2/c1-10(12-3-2-4-13(16)15(12)17)18-11-5-7-19(8-6-11)9-14(20)21/h2-4,10-11,18H,5-9H2,1H3,(H,20,21). The molecule has 1 aliphatic heterocycles. The smallest absolute Gasteiger partial charge is 0.317 e. The number of piperidine rings is 1. The van der Waals surface area contributed by atoms with Crippen molar-refractivity contribution in [1.82, 2.24) is 10.2 Å². The zero-order valence-corrected chi connectivity index (χ0v) is 13.5. The first-order valence-corrected chi connectivity index (χ1v) is 7.87. The van der Waals surface area contributed by atoms with Crippen molar-refractivity contribution in [3.63, 3.8) is 0 Å². The highest BCUT2D eigenvalue weighted by molar-refractivity contribution is 6.42. The van der Waals surface area contributed by atoms with Crippen LogP contribution in [0.1, 0.15) is 31.4 Å². The number of carboxylic acids is 1. The first-order chi connectivity index (χ1) is 9.97. The van der Waals surface area contributed by atoms with Crippen LogP contribution in [0, 0.1) is 0 Å². The molecule has 6 heteroatoms. The van der Waals surface area contributed by atoms with Gasteiger partial charge in [-0.25, -0.2) is 0 Å². The lowest BCUT2D eigenvalue weighted by Crippen LogP contribution is -2.44. The van der Waals surface area contributed by atoms with E-state index in [0.717, 1.165) is 31.5 Å². The number of aliphatic carboxylic acids is 1. The van der Waals surface area contributed by atoms with Crippen molar-refractivity contribution in [2.75, 3.05) is 19.6 Å². The fraction of sp³-hybridized carbons (Fsp3) is 0.533. The van der Waals surface area contributed by atoms with E-state index >= 15 is 0 Å². The molecule has 0 radical (unpaired) electrons. The van der Waals surface area contributed by atoms with Gasteiger partial charge in [0.1, 0.15) is 0 Å². The van der Waals surface area contributed by atoms with Crippen LogP contribution in [-0.2, 0) is 4.79 Å². The Balaban J connectivity index is 1.88. The number of nitrogens with zero attached hydrogens (tertiary/aromatic N) is 1. The molecule has 2 N–H and O–H groups in total. The molecule has 0 aliphatic carbocycles. The molecule has 1 aromatic carbocycles. The second-order valence-electron chi connectivity index (χ2n) is 5.48. The monoisotopic (exact) mass is 330 g/mol. The molecular formula is C15H20Cl2N2O2. The highest BCUT2D eigenvalue weighted by atomic mass is 35.5. The second kappa shape index (κ2) is 7.45. The lowest BCUT2D eigenvalue weighted by Gasteiger charge is -2.33. The summed E-state index contributed by atoms with van der Waals surface area (Å²) < 4.78 is 0. The summed E-state index contributed by atoms with van der Waals surface area (Å²) in [7, 11) is 0. The van der Waals surface area contributed by atoms with Crippen molar-refractivity contribution in [3.8, 4) is 0 Å². The number of hydrogen-bond acceptors (Lipinski definition) is 3. The number of carbonyl (C=O) groups is 1. The van der Waals surface area contributed by atoms with E-state index in [4.69, 9.17) is 28.3 Å². The Morgan fingerprint density at radius 1 is 1.43 bits per heavy atom.